The van der Waals surface area contributed by atoms with Gasteiger partial charge in [-0.05, 0) is 37.6 Å². The smallest absolute Gasteiger partial charge is 0.273 e. The first kappa shape index (κ1) is 19.5. The molecule has 6 heteroatoms. The Morgan fingerprint density at radius 3 is 2.50 bits per heavy atom. The molecule has 144 valence electrons. The lowest BCUT2D eigenvalue weighted by Gasteiger charge is -2.13. The predicted molar refractivity (Wildman–Crippen MR) is 107 cm³/mol. The van der Waals surface area contributed by atoms with Gasteiger partial charge in [0.2, 0.25) is 0 Å². The Morgan fingerprint density at radius 1 is 1.14 bits per heavy atom. The monoisotopic (exact) mass is 379 g/mol. The molecule has 0 radical (unpaired) electrons. The number of nitrogens with zero attached hydrogens (tertiary/aromatic N) is 2. The third kappa shape index (κ3) is 4.02. The van der Waals surface area contributed by atoms with Crippen LogP contribution in [0, 0.1) is 19.7 Å². The van der Waals surface area contributed by atoms with Crippen LogP contribution in [-0.2, 0) is 9.53 Å². The molecule has 3 aromatic rings. The summed E-state index contributed by atoms with van der Waals surface area (Å²) in [4.78, 5) is 12.4. The number of hydrogen-bond acceptors (Lipinski definition) is 3. The van der Waals surface area contributed by atoms with E-state index in [0.29, 0.717) is 5.69 Å². The topological polar surface area (TPSA) is 55.6 Å². The Hall–Kier alpha value is -3.25. The molecule has 0 aliphatic carbocycles. The lowest BCUT2D eigenvalue weighted by Crippen LogP contribution is -2.26. The highest BCUT2D eigenvalue weighted by Crippen LogP contribution is 2.22. The summed E-state index contributed by atoms with van der Waals surface area (Å²) < 4.78 is 21.3. The molecule has 1 amide bonds. The first-order chi connectivity index (χ1) is 13.5. The summed E-state index contributed by atoms with van der Waals surface area (Å²) in [5, 5.41) is 4.06. The number of ether oxygens (including phenoxy) is 1. The van der Waals surface area contributed by atoms with Gasteiger partial charge >= 0.3 is 0 Å². The van der Waals surface area contributed by atoms with Crippen molar-refractivity contribution in [3.05, 3.63) is 89.0 Å². The fourth-order valence-electron chi connectivity index (χ4n) is 3.17. The molecule has 0 saturated heterocycles. The van der Waals surface area contributed by atoms with E-state index >= 15 is 0 Å². The summed E-state index contributed by atoms with van der Waals surface area (Å²) in [6, 6.07) is 17.7. The molecule has 0 fully saturated rings. The standard InChI is InChI=1S/C22H22FN3O2/c1-15-13-18(16(2)26(15)20-12-8-7-11-19(20)23)14-24-25-22(27)21(28-3)17-9-5-4-6-10-17/h4-14,21H,1-3H3,(H,25,27)/b24-14-/t21-/m0/s1. The first-order valence-corrected chi connectivity index (χ1v) is 8.87. The molecule has 1 aromatic heterocycles. The van der Waals surface area contributed by atoms with E-state index in [9.17, 15) is 9.18 Å². The molecule has 0 aliphatic heterocycles. The number of benzene rings is 2. The number of rotatable bonds is 6. The predicted octanol–water partition coefficient (Wildman–Crippen LogP) is 4.07. The van der Waals surface area contributed by atoms with Gasteiger partial charge in [-0.1, -0.05) is 42.5 Å². The van der Waals surface area contributed by atoms with Crippen molar-refractivity contribution >= 4 is 12.1 Å². The van der Waals surface area contributed by atoms with E-state index < -0.39 is 6.10 Å². The fraction of sp³-hybridized carbons (Fsp3) is 0.182. The Bertz CT molecular complexity index is 996. The van der Waals surface area contributed by atoms with Gasteiger partial charge < -0.3 is 9.30 Å². The Kier molecular flexibility index (Phi) is 6.01. The van der Waals surface area contributed by atoms with Crippen molar-refractivity contribution in [1.82, 2.24) is 9.99 Å². The fourth-order valence-corrected chi connectivity index (χ4v) is 3.17. The van der Waals surface area contributed by atoms with Crippen LogP contribution < -0.4 is 5.43 Å². The van der Waals surface area contributed by atoms with Crippen molar-refractivity contribution in [3.8, 4) is 5.69 Å². The normalized spacial score (nSPS) is 12.3. The van der Waals surface area contributed by atoms with Crippen LogP contribution >= 0.6 is 0 Å². The van der Waals surface area contributed by atoms with Gasteiger partial charge in [-0.25, -0.2) is 9.82 Å². The van der Waals surface area contributed by atoms with E-state index in [-0.39, 0.29) is 11.7 Å². The average molecular weight is 379 g/mol. The molecule has 0 spiro atoms. The number of amides is 1. The molecule has 2 aromatic carbocycles. The maximum Gasteiger partial charge on any atom is 0.273 e. The van der Waals surface area contributed by atoms with Crippen LogP contribution in [0.25, 0.3) is 5.69 Å². The van der Waals surface area contributed by atoms with E-state index in [1.165, 1.54) is 13.2 Å². The molecule has 1 atom stereocenters. The highest BCUT2D eigenvalue weighted by atomic mass is 19.1. The van der Waals surface area contributed by atoms with Crippen LogP contribution in [0.15, 0.2) is 65.8 Å². The maximum absolute atomic E-state index is 14.2. The summed E-state index contributed by atoms with van der Waals surface area (Å²) in [6.45, 7) is 3.77. The van der Waals surface area contributed by atoms with Crippen molar-refractivity contribution < 1.29 is 13.9 Å². The van der Waals surface area contributed by atoms with Gasteiger partial charge in [0.1, 0.15) is 5.82 Å². The van der Waals surface area contributed by atoms with Crippen LogP contribution in [0.4, 0.5) is 4.39 Å². The number of methoxy groups -OCH3 is 1. The number of halogens is 1. The second kappa shape index (κ2) is 8.63. The minimum atomic E-state index is -0.746. The molecular weight excluding hydrogens is 357 g/mol. The zero-order valence-corrected chi connectivity index (χ0v) is 16.0. The minimum absolute atomic E-state index is 0.299. The zero-order chi connectivity index (χ0) is 20.1. The van der Waals surface area contributed by atoms with Crippen LogP contribution in [0.5, 0.6) is 0 Å². The Morgan fingerprint density at radius 2 is 1.82 bits per heavy atom. The number of aromatic nitrogens is 1. The quantitative estimate of drug-likeness (QED) is 0.518. The number of carbonyl (C=O) groups excluding carboxylic acids is 1. The van der Waals surface area contributed by atoms with Crippen molar-refractivity contribution in [3.63, 3.8) is 0 Å². The molecule has 0 bridgehead atoms. The van der Waals surface area contributed by atoms with Crippen molar-refractivity contribution in [2.75, 3.05) is 7.11 Å². The van der Waals surface area contributed by atoms with Gasteiger partial charge in [0.25, 0.3) is 5.91 Å². The molecule has 0 unspecified atom stereocenters. The molecule has 3 rings (SSSR count). The van der Waals surface area contributed by atoms with Crippen LogP contribution in [0.1, 0.15) is 28.6 Å². The van der Waals surface area contributed by atoms with Gasteiger partial charge in [0.15, 0.2) is 6.10 Å². The second-order valence-electron chi connectivity index (χ2n) is 6.37. The maximum atomic E-state index is 14.2. The van der Waals surface area contributed by atoms with Crippen molar-refractivity contribution in [2.24, 2.45) is 5.10 Å². The summed E-state index contributed by atoms with van der Waals surface area (Å²) in [6.07, 6.45) is 0.805. The molecule has 5 nitrogen and oxygen atoms in total. The van der Waals surface area contributed by atoms with Gasteiger partial charge in [0, 0.05) is 24.1 Å². The summed E-state index contributed by atoms with van der Waals surface area (Å²) >= 11 is 0. The number of nitrogens with one attached hydrogen (secondary N) is 1. The summed E-state index contributed by atoms with van der Waals surface area (Å²) in [7, 11) is 1.48. The lowest BCUT2D eigenvalue weighted by molar-refractivity contribution is -0.131. The average Bonchev–Trinajstić information content (AvgIpc) is 2.97. The largest absolute Gasteiger partial charge is 0.367 e. The van der Waals surface area contributed by atoms with E-state index in [4.69, 9.17) is 4.74 Å². The molecule has 0 saturated carbocycles. The Labute approximate surface area is 163 Å². The van der Waals surface area contributed by atoms with Crippen LogP contribution in [0.2, 0.25) is 0 Å². The van der Waals surface area contributed by atoms with E-state index in [1.807, 2.05) is 54.8 Å². The third-order valence-corrected chi connectivity index (χ3v) is 4.52. The first-order valence-electron chi connectivity index (χ1n) is 8.87. The van der Waals surface area contributed by atoms with Gasteiger partial charge in [-0.3, -0.25) is 4.79 Å². The van der Waals surface area contributed by atoms with Gasteiger partial charge in [0.05, 0.1) is 11.9 Å². The molecule has 1 heterocycles. The molecule has 0 aliphatic rings. The number of aryl methyl sites for hydroxylation is 1. The summed E-state index contributed by atoms with van der Waals surface area (Å²) in [5.41, 5.74) is 6.21. The summed E-state index contributed by atoms with van der Waals surface area (Å²) in [5.74, 6) is -0.667. The second-order valence-corrected chi connectivity index (χ2v) is 6.37. The number of hydrogen-bond donors (Lipinski definition) is 1. The van der Waals surface area contributed by atoms with Crippen molar-refractivity contribution in [1.29, 1.82) is 0 Å². The van der Waals surface area contributed by atoms with Crippen molar-refractivity contribution in [2.45, 2.75) is 20.0 Å². The van der Waals surface area contributed by atoms with E-state index in [1.54, 1.807) is 24.4 Å². The highest BCUT2D eigenvalue weighted by molar-refractivity contribution is 5.86. The van der Waals surface area contributed by atoms with E-state index in [2.05, 4.69) is 10.5 Å². The molecule has 28 heavy (non-hydrogen) atoms. The zero-order valence-electron chi connectivity index (χ0n) is 16.0. The van der Waals surface area contributed by atoms with Gasteiger partial charge in [-0.15, -0.1) is 0 Å². The number of carbonyl (C=O) groups is 1. The SMILES string of the molecule is CO[C@H](C(=O)N/N=C\c1cc(C)n(-c2ccccc2F)c1C)c1ccccc1. The molecule has 1 N–H and O–H groups in total. The number of para-hydroxylation sites is 1. The van der Waals surface area contributed by atoms with Crippen LogP contribution in [-0.4, -0.2) is 23.8 Å². The lowest BCUT2D eigenvalue weighted by atomic mass is 10.1. The van der Waals surface area contributed by atoms with Gasteiger partial charge in [-0.2, -0.15) is 5.10 Å². The van der Waals surface area contributed by atoms with Crippen LogP contribution in [0.3, 0.4) is 0 Å². The third-order valence-electron chi connectivity index (χ3n) is 4.52. The number of hydrazone groups is 1. The minimum Gasteiger partial charge on any atom is -0.367 e. The Balaban J connectivity index is 1.77. The van der Waals surface area contributed by atoms with E-state index in [0.717, 1.165) is 22.5 Å². The molecular formula is C22H22FN3O2. The highest BCUT2D eigenvalue weighted by Gasteiger charge is 2.19.